The second-order valence-corrected chi connectivity index (χ2v) is 6.72. The van der Waals surface area contributed by atoms with Crippen molar-refractivity contribution in [3.8, 4) is 11.3 Å². The first kappa shape index (κ1) is 13.1. The van der Waals surface area contributed by atoms with E-state index in [4.69, 9.17) is 0 Å². The van der Waals surface area contributed by atoms with Crippen molar-refractivity contribution < 1.29 is 4.79 Å². The SMILES string of the molecule is CC(C)(C)c1ccc(-c2nc3sccn3c2C=O)cc1. The molecule has 3 aromatic rings. The highest BCUT2D eigenvalue weighted by Crippen LogP contribution is 2.28. The highest BCUT2D eigenvalue weighted by molar-refractivity contribution is 7.15. The molecule has 0 bridgehead atoms. The summed E-state index contributed by atoms with van der Waals surface area (Å²) in [5.41, 5.74) is 3.75. The fourth-order valence-electron chi connectivity index (χ4n) is 2.26. The van der Waals surface area contributed by atoms with Gasteiger partial charge in [-0.15, -0.1) is 11.3 Å². The maximum atomic E-state index is 11.3. The average Bonchev–Trinajstić information content (AvgIpc) is 2.97. The van der Waals surface area contributed by atoms with E-state index in [2.05, 4.69) is 37.9 Å². The Morgan fingerprint density at radius 2 is 1.90 bits per heavy atom. The van der Waals surface area contributed by atoms with E-state index in [0.717, 1.165) is 22.5 Å². The minimum atomic E-state index is 0.126. The molecule has 3 rings (SSSR count). The summed E-state index contributed by atoms with van der Waals surface area (Å²) in [7, 11) is 0. The Morgan fingerprint density at radius 1 is 1.20 bits per heavy atom. The lowest BCUT2D eigenvalue weighted by Gasteiger charge is -2.18. The zero-order chi connectivity index (χ0) is 14.3. The van der Waals surface area contributed by atoms with Crippen molar-refractivity contribution in [2.75, 3.05) is 0 Å². The second kappa shape index (κ2) is 4.56. The maximum Gasteiger partial charge on any atom is 0.194 e. The summed E-state index contributed by atoms with van der Waals surface area (Å²) in [6.45, 7) is 6.56. The Bertz CT molecular complexity index is 760. The number of aromatic nitrogens is 2. The smallest absolute Gasteiger partial charge is 0.194 e. The van der Waals surface area contributed by atoms with Gasteiger partial charge in [0.15, 0.2) is 11.2 Å². The monoisotopic (exact) mass is 284 g/mol. The summed E-state index contributed by atoms with van der Waals surface area (Å²) in [6.07, 6.45) is 2.75. The molecule has 4 heteroatoms. The molecular formula is C16H16N2OS. The van der Waals surface area contributed by atoms with Gasteiger partial charge in [0.25, 0.3) is 0 Å². The van der Waals surface area contributed by atoms with Gasteiger partial charge < -0.3 is 0 Å². The van der Waals surface area contributed by atoms with E-state index in [-0.39, 0.29) is 5.41 Å². The van der Waals surface area contributed by atoms with E-state index in [1.54, 1.807) is 0 Å². The molecular weight excluding hydrogens is 268 g/mol. The zero-order valence-corrected chi connectivity index (χ0v) is 12.6. The predicted octanol–water partition coefficient (Wildman–Crippen LogP) is 4.17. The summed E-state index contributed by atoms with van der Waals surface area (Å²) in [6, 6.07) is 8.30. The molecule has 0 radical (unpaired) electrons. The predicted molar refractivity (Wildman–Crippen MR) is 82.6 cm³/mol. The van der Waals surface area contributed by atoms with Crippen molar-refractivity contribution in [3.05, 3.63) is 47.1 Å². The Hall–Kier alpha value is -1.94. The Kier molecular flexibility index (Phi) is 2.98. The van der Waals surface area contributed by atoms with Gasteiger partial charge in [-0.1, -0.05) is 45.0 Å². The van der Waals surface area contributed by atoms with Crippen LogP contribution in [-0.4, -0.2) is 15.7 Å². The minimum Gasteiger partial charge on any atom is -0.296 e. The van der Waals surface area contributed by atoms with Crippen LogP contribution in [-0.2, 0) is 5.41 Å². The lowest BCUT2D eigenvalue weighted by Crippen LogP contribution is -2.10. The molecule has 0 saturated heterocycles. The Balaban J connectivity index is 2.11. The van der Waals surface area contributed by atoms with Gasteiger partial charge in [-0.2, -0.15) is 0 Å². The topological polar surface area (TPSA) is 34.4 Å². The lowest BCUT2D eigenvalue weighted by molar-refractivity contribution is 0.111. The number of hydrogen-bond donors (Lipinski definition) is 0. The van der Waals surface area contributed by atoms with Gasteiger partial charge in [-0.25, -0.2) is 4.98 Å². The molecule has 0 spiro atoms. The van der Waals surface area contributed by atoms with Crippen LogP contribution in [0.1, 0.15) is 36.8 Å². The lowest BCUT2D eigenvalue weighted by atomic mass is 9.86. The molecule has 0 unspecified atom stereocenters. The van der Waals surface area contributed by atoms with Crippen molar-refractivity contribution in [1.82, 2.24) is 9.38 Å². The first-order valence-corrected chi connectivity index (χ1v) is 7.40. The molecule has 0 aliphatic heterocycles. The number of benzene rings is 1. The van der Waals surface area contributed by atoms with Crippen molar-refractivity contribution >= 4 is 22.6 Å². The summed E-state index contributed by atoms with van der Waals surface area (Å²) in [4.78, 5) is 16.7. The molecule has 102 valence electrons. The van der Waals surface area contributed by atoms with E-state index in [9.17, 15) is 4.79 Å². The van der Waals surface area contributed by atoms with Crippen LogP contribution in [0.3, 0.4) is 0 Å². The third kappa shape index (κ3) is 2.06. The Morgan fingerprint density at radius 3 is 2.50 bits per heavy atom. The van der Waals surface area contributed by atoms with Crippen LogP contribution in [0.15, 0.2) is 35.8 Å². The van der Waals surface area contributed by atoms with Crippen LogP contribution in [0.2, 0.25) is 0 Å². The Labute approximate surface area is 121 Å². The number of hydrogen-bond acceptors (Lipinski definition) is 3. The molecule has 2 aromatic heterocycles. The summed E-state index contributed by atoms with van der Waals surface area (Å²) >= 11 is 1.53. The standard InChI is InChI=1S/C16H16N2OS/c1-16(2,3)12-6-4-11(5-7-12)14-13(10-19)18-8-9-20-15(18)17-14/h4-10H,1-3H3. The van der Waals surface area contributed by atoms with Crippen molar-refractivity contribution in [2.45, 2.75) is 26.2 Å². The fourth-order valence-corrected chi connectivity index (χ4v) is 2.98. The van der Waals surface area contributed by atoms with Crippen molar-refractivity contribution in [2.24, 2.45) is 0 Å². The second-order valence-electron chi connectivity index (χ2n) is 5.85. The van der Waals surface area contributed by atoms with Crippen LogP contribution >= 0.6 is 11.3 Å². The number of thiazole rings is 1. The summed E-state index contributed by atoms with van der Waals surface area (Å²) in [5, 5.41) is 1.93. The molecule has 0 amide bonds. The van der Waals surface area contributed by atoms with Crippen LogP contribution in [0.25, 0.3) is 16.2 Å². The van der Waals surface area contributed by atoms with Gasteiger partial charge in [0.05, 0.1) is 0 Å². The van der Waals surface area contributed by atoms with E-state index in [1.807, 2.05) is 28.1 Å². The van der Waals surface area contributed by atoms with E-state index in [0.29, 0.717) is 5.69 Å². The quantitative estimate of drug-likeness (QED) is 0.662. The molecule has 20 heavy (non-hydrogen) atoms. The van der Waals surface area contributed by atoms with Gasteiger partial charge in [0.1, 0.15) is 11.4 Å². The first-order valence-electron chi connectivity index (χ1n) is 6.52. The largest absolute Gasteiger partial charge is 0.296 e. The number of fused-ring (bicyclic) bond motifs is 1. The van der Waals surface area contributed by atoms with Gasteiger partial charge in [-0.3, -0.25) is 9.20 Å². The van der Waals surface area contributed by atoms with Gasteiger partial charge in [0.2, 0.25) is 0 Å². The fraction of sp³-hybridized carbons (Fsp3) is 0.250. The normalized spacial score (nSPS) is 11.9. The molecule has 0 N–H and O–H groups in total. The van der Waals surface area contributed by atoms with E-state index in [1.165, 1.54) is 16.9 Å². The number of rotatable bonds is 2. The molecule has 0 saturated carbocycles. The zero-order valence-electron chi connectivity index (χ0n) is 11.8. The molecule has 1 aromatic carbocycles. The molecule has 0 fully saturated rings. The first-order chi connectivity index (χ1) is 9.50. The molecule has 2 heterocycles. The van der Waals surface area contributed by atoms with Gasteiger partial charge in [0, 0.05) is 17.1 Å². The number of imidazole rings is 1. The van der Waals surface area contributed by atoms with Crippen LogP contribution in [0.5, 0.6) is 0 Å². The van der Waals surface area contributed by atoms with Crippen LogP contribution < -0.4 is 0 Å². The molecule has 0 aliphatic rings. The van der Waals surface area contributed by atoms with E-state index < -0.39 is 0 Å². The number of carbonyl (C=O) groups is 1. The van der Waals surface area contributed by atoms with Crippen molar-refractivity contribution in [1.29, 1.82) is 0 Å². The highest BCUT2D eigenvalue weighted by atomic mass is 32.1. The summed E-state index contributed by atoms with van der Waals surface area (Å²) in [5.74, 6) is 0. The van der Waals surface area contributed by atoms with Gasteiger partial charge in [-0.05, 0) is 11.0 Å². The minimum absolute atomic E-state index is 0.126. The number of carbonyl (C=O) groups excluding carboxylic acids is 1. The van der Waals surface area contributed by atoms with Crippen molar-refractivity contribution in [3.63, 3.8) is 0 Å². The van der Waals surface area contributed by atoms with E-state index >= 15 is 0 Å². The molecule has 0 aliphatic carbocycles. The van der Waals surface area contributed by atoms with Gasteiger partial charge >= 0.3 is 0 Å². The average molecular weight is 284 g/mol. The maximum absolute atomic E-state index is 11.3. The van der Waals surface area contributed by atoms with Crippen LogP contribution in [0.4, 0.5) is 0 Å². The summed E-state index contributed by atoms with van der Waals surface area (Å²) < 4.78 is 1.84. The number of nitrogens with zero attached hydrogens (tertiary/aromatic N) is 2. The molecule has 0 atom stereocenters. The number of aldehydes is 1. The third-order valence-corrected chi connectivity index (χ3v) is 4.19. The third-order valence-electron chi connectivity index (χ3n) is 3.44. The highest BCUT2D eigenvalue weighted by Gasteiger charge is 2.16. The van der Waals surface area contributed by atoms with Crippen LogP contribution in [0, 0.1) is 0 Å². The molecule has 3 nitrogen and oxygen atoms in total.